The van der Waals surface area contributed by atoms with Crippen molar-refractivity contribution in [3.63, 3.8) is 0 Å². The number of hydrogen-bond acceptors (Lipinski definition) is 3. The lowest BCUT2D eigenvalue weighted by molar-refractivity contribution is 0.136. The number of amides is 2. The molecule has 5 nitrogen and oxygen atoms in total. The van der Waals surface area contributed by atoms with Crippen LogP contribution in [-0.4, -0.2) is 40.8 Å². The zero-order valence-electron chi connectivity index (χ0n) is 11.7. The Kier molecular flexibility index (Phi) is 4.98. The number of benzene rings is 1. The standard InChI is InChI=1S/C15H22N2O3/c1-11(19)13-5-2-6-14(8-13)16-15(20)17-7-3-4-12(9-17)10-18/h2,5-6,8,11-12,18-19H,3-4,7,9-10H2,1H3,(H,16,20). The van der Waals surface area contributed by atoms with Gasteiger partial charge in [0, 0.05) is 25.4 Å². The number of aliphatic hydroxyl groups excluding tert-OH is 2. The van der Waals surface area contributed by atoms with E-state index in [0.29, 0.717) is 12.2 Å². The summed E-state index contributed by atoms with van der Waals surface area (Å²) in [5.74, 6) is 0.179. The zero-order chi connectivity index (χ0) is 14.5. The number of rotatable bonds is 3. The summed E-state index contributed by atoms with van der Waals surface area (Å²) in [5.41, 5.74) is 1.45. The lowest BCUT2D eigenvalue weighted by Crippen LogP contribution is -2.43. The molecule has 2 unspecified atom stereocenters. The molecule has 2 amide bonds. The van der Waals surface area contributed by atoms with Crippen molar-refractivity contribution in [1.82, 2.24) is 4.90 Å². The topological polar surface area (TPSA) is 72.8 Å². The van der Waals surface area contributed by atoms with Crippen molar-refractivity contribution >= 4 is 11.7 Å². The van der Waals surface area contributed by atoms with Crippen molar-refractivity contribution in [3.05, 3.63) is 29.8 Å². The van der Waals surface area contributed by atoms with Gasteiger partial charge < -0.3 is 20.4 Å². The normalized spacial score (nSPS) is 20.6. The molecule has 1 saturated heterocycles. The number of urea groups is 1. The van der Waals surface area contributed by atoms with E-state index in [9.17, 15) is 15.0 Å². The second kappa shape index (κ2) is 6.72. The quantitative estimate of drug-likeness (QED) is 0.791. The van der Waals surface area contributed by atoms with E-state index in [4.69, 9.17) is 0 Å². The van der Waals surface area contributed by atoms with E-state index in [0.717, 1.165) is 24.9 Å². The van der Waals surface area contributed by atoms with Crippen LogP contribution in [0, 0.1) is 5.92 Å². The summed E-state index contributed by atoms with van der Waals surface area (Å²) in [6.45, 7) is 3.13. The van der Waals surface area contributed by atoms with Crippen LogP contribution in [0.5, 0.6) is 0 Å². The maximum atomic E-state index is 12.2. The molecule has 1 aromatic carbocycles. The lowest BCUT2D eigenvalue weighted by atomic mass is 9.99. The number of carbonyl (C=O) groups is 1. The van der Waals surface area contributed by atoms with E-state index in [1.165, 1.54) is 0 Å². The van der Waals surface area contributed by atoms with Gasteiger partial charge in [0.1, 0.15) is 0 Å². The molecule has 0 bridgehead atoms. The minimum Gasteiger partial charge on any atom is -0.396 e. The van der Waals surface area contributed by atoms with Crippen molar-refractivity contribution in [2.75, 3.05) is 25.0 Å². The summed E-state index contributed by atoms with van der Waals surface area (Å²) in [7, 11) is 0. The largest absolute Gasteiger partial charge is 0.396 e. The van der Waals surface area contributed by atoms with Crippen LogP contribution < -0.4 is 5.32 Å². The first-order chi connectivity index (χ1) is 9.60. The molecule has 0 aliphatic carbocycles. The van der Waals surface area contributed by atoms with Crippen molar-refractivity contribution < 1.29 is 15.0 Å². The molecule has 5 heteroatoms. The number of aliphatic hydroxyl groups is 2. The molecule has 1 aromatic rings. The van der Waals surface area contributed by atoms with Gasteiger partial charge in [0.15, 0.2) is 0 Å². The summed E-state index contributed by atoms with van der Waals surface area (Å²) in [4.78, 5) is 13.9. The van der Waals surface area contributed by atoms with E-state index in [-0.39, 0.29) is 18.6 Å². The highest BCUT2D eigenvalue weighted by Crippen LogP contribution is 2.19. The second-order valence-electron chi connectivity index (χ2n) is 5.37. The van der Waals surface area contributed by atoms with E-state index in [1.54, 1.807) is 24.0 Å². The third-order valence-corrected chi connectivity index (χ3v) is 3.68. The van der Waals surface area contributed by atoms with Crippen LogP contribution in [0.15, 0.2) is 24.3 Å². The second-order valence-corrected chi connectivity index (χ2v) is 5.37. The van der Waals surface area contributed by atoms with Crippen molar-refractivity contribution in [3.8, 4) is 0 Å². The minimum absolute atomic E-state index is 0.126. The smallest absolute Gasteiger partial charge is 0.321 e. The summed E-state index contributed by atoms with van der Waals surface area (Å²) in [6, 6.07) is 7.06. The van der Waals surface area contributed by atoms with Gasteiger partial charge >= 0.3 is 6.03 Å². The molecule has 2 atom stereocenters. The van der Waals surface area contributed by atoms with E-state index < -0.39 is 6.10 Å². The Hall–Kier alpha value is -1.59. The van der Waals surface area contributed by atoms with Gasteiger partial charge in [-0.2, -0.15) is 0 Å². The summed E-state index contributed by atoms with van der Waals surface area (Å²) in [6.07, 6.45) is 1.34. The summed E-state index contributed by atoms with van der Waals surface area (Å²) < 4.78 is 0. The number of nitrogens with one attached hydrogen (secondary N) is 1. The minimum atomic E-state index is -0.555. The van der Waals surface area contributed by atoms with Crippen LogP contribution in [-0.2, 0) is 0 Å². The molecule has 0 saturated carbocycles. The first-order valence-corrected chi connectivity index (χ1v) is 7.05. The molecule has 0 spiro atoms. The Morgan fingerprint density at radius 3 is 3.05 bits per heavy atom. The number of piperidine rings is 1. The van der Waals surface area contributed by atoms with Gasteiger partial charge in [-0.1, -0.05) is 12.1 Å². The highest BCUT2D eigenvalue weighted by molar-refractivity contribution is 5.89. The van der Waals surface area contributed by atoms with Gasteiger partial charge in [0.05, 0.1) is 6.10 Å². The van der Waals surface area contributed by atoms with Crippen molar-refractivity contribution in [1.29, 1.82) is 0 Å². The number of likely N-dealkylation sites (tertiary alicyclic amines) is 1. The molecule has 20 heavy (non-hydrogen) atoms. The molecule has 110 valence electrons. The fourth-order valence-electron chi connectivity index (χ4n) is 2.48. The fraction of sp³-hybridized carbons (Fsp3) is 0.533. The predicted molar refractivity (Wildman–Crippen MR) is 77.5 cm³/mol. The maximum Gasteiger partial charge on any atom is 0.321 e. The molecule has 0 aromatic heterocycles. The first-order valence-electron chi connectivity index (χ1n) is 7.05. The van der Waals surface area contributed by atoms with Crippen LogP contribution in [0.4, 0.5) is 10.5 Å². The molecule has 1 aliphatic heterocycles. The van der Waals surface area contributed by atoms with Gasteiger partial charge in [-0.15, -0.1) is 0 Å². The average Bonchev–Trinajstić information content (AvgIpc) is 2.47. The Morgan fingerprint density at radius 2 is 2.35 bits per heavy atom. The summed E-state index contributed by atoms with van der Waals surface area (Å²) >= 11 is 0. The zero-order valence-corrected chi connectivity index (χ0v) is 11.7. The van der Waals surface area contributed by atoms with Crippen molar-refractivity contribution in [2.24, 2.45) is 5.92 Å². The molecule has 3 N–H and O–H groups in total. The van der Waals surface area contributed by atoms with Gasteiger partial charge in [0.2, 0.25) is 0 Å². The van der Waals surface area contributed by atoms with Gasteiger partial charge in [0.25, 0.3) is 0 Å². The first kappa shape index (κ1) is 14.8. The fourth-order valence-corrected chi connectivity index (χ4v) is 2.48. The Bertz CT molecular complexity index is 462. The average molecular weight is 278 g/mol. The van der Waals surface area contributed by atoms with Crippen LogP contribution >= 0.6 is 0 Å². The predicted octanol–water partition coefficient (Wildman–Crippen LogP) is 1.98. The Balaban J connectivity index is 1.98. The SMILES string of the molecule is CC(O)c1cccc(NC(=O)N2CCCC(CO)C2)c1. The van der Waals surface area contributed by atoms with Crippen LogP contribution in [0.25, 0.3) is 0 Å². The molecule has 1 heterocycles. The molecule has 1 fully saturated rings. The number of anilines is 1. The third-order valence-electron chi connectivity index (χ3n) is 3.68. The molecule has 0 radical (unpaired) electrons. The van der Waals surface area contributed by atoms with Gasteiger partial charge in [-0.25, -0.2) is 4.79 Å². The van der Waals surface area contributed by atoms with Gasteiger partial charge in [-0.05, 0) is 43.4 Å². The van der Waals surface area contributed by atoms with Crippen LogP contribution in [0.1, 0.15) is 31.4 Å². The molecule has 2 rings (SSSR count). The van der Waals surface area contributed by atoms with E-state index in [1.807, 2.05) is 12.1 Å². The highest BCUT2D eigenvalue weighted by Gasteiger charge is 2.23. The maximum absolute atomic E-state index is 12.2. The Morgan fingerprint density at radius 1 is 1.55 bits per heavy atom. The lowest BCUT2D eigenvalue weighted by Gasteiger charge is -2.31. The van der Waals surface area contributed by atoms with Crippen LogP contribution in [0.3, 0.4) is 0 Å². The monoisotopic (exact) mass is 278 g/mol. The summed E-state index contributed by atoms with van der Waals surface area (Å²) in [5, 5.41) is 21.6. The molecular formula is C15H22N2O3. The van der Waals surface area contributed by atoms with E-state index in [2.05, 4.69) is 5.32 Å². The Labute approximate surface area is 119 Å². The van der Waals surface area contributed by atoms with Crippen molar-refractivity contribution in [2.45, 2.75) is 25.9 Å². The number of hydrogen-bond donors (Lipinski definition) is 3. The van der Waals surface area contributed by atoms with Crippen LogP contribution in [0.2, 0.25) is 0 Å². The van der Waals surface area contributed by atoms with Gasteiger partial charge in [-0.3, -0.25) is 0 Å². The molecular weight excluding hydrogens is 256 g/mol. The molecule has 1 aliphatic rings. The number of carbonyl (C=O) groups excluding carboxylic acids is 1. The third kappa shape index (κ3) is 3.71. The highest BCUT2D eigenvalue weighted by atomic mass is 16.3. The number of nitrogens with zero attached hydrogens (tertiary/aromatic N) is 1. The van der Waals surface area contributed by atoms with E-state index >= 15 is 0 Å².